The highest BCUT2D eigenvalue weighted by Gasteiger charge is 2.30. The summed E-state index contributed by atoms with van der Waals surface area (Å²) in [6, 6.07) is 12.7. The first-order valence-electron chi connectivity index (χ1n) is 10.7. The first-order valence-corrected chi connectivity index (χ1v) is 12.5. The number of carbonyl (C=O) groups is 1. The molecule has 0 spiro atoms. The van der Waals surface area contributed by atoms with Crippen molar-refractivity contribution in [3.05, 3.63) is 64.7 Å². The van der Waals surface area contributed by atoms with Crippen LogP contribution in [-0.2, 0) is 27.7 Å². The number of hydrogen-bond acceptors (Lipinski definition) is 3. The van der Waals surface area contributed by atoms with Gasteiger partial charge in [0.05, 0.1) is 18.0 Å². The van der Waals surface area contributed by atoms with Gasteiger partial charge in [-0.25, -0.2) is 8.42 Å². The van der Waals surface area contributed by atoms with Crippen molar-refractivity contribution in [3.8, 4) is 0 Å². The Labute approximate surface area is 180 Å². The Hall–Kier alpha value is -2.34. The molecule has 0 saturated carbocycles. The number of amides is 1. The number of fused-ring (bicyclic) bond motifs is 1. The van der Waals surface area contributed by atoms with Gasteiger partial charge in [-0.15, -0.1) is 0 Å². The second-order valence-corrected chi connectivity index (χ2v) is 10.1. The van der Waals surface area contributed by atoms with Gasteiger partial charge >= 0.3 is 0 Å². The van der Waals surface area contributed by atoms with E-state index < -0.39 is 16.1 Å². The summed E-state index contributed by atoms with van der Waals surface area (Å²) < 4.78 is 26.2. The summed E-state index contributed by atoms with van der Waals surface area (Å²) in [5, 5.41) is 3.08. The zero-order valence-corrected chi connectivity index (χ0v) is 19.1. The maximum Gasteiger partial charge on any atom is 0.244 e. The quantitative estimate of drug-likeness (QED) is 0.715. The van der Waals surface area contributed by atoms with Crippen LogP contribution in [0, 0.1) is 6.92 Å². The van der Waals surface area contributed by atoms with Crippen molar-refractivity contribution in [2.75, 3.05) is 10.6 Å². The summed E-state index contributed by atoms with van der Waals surface area (Å²) in [4.78, 5) is 13.1. The standard InChI is InChI=1S/C24H32N2O3S/c1-5-23(21-14-13-19-10-6-7-11-20(19)16-21)25-24(27)18(3)26(30(4,28)29)22-12-8-9-17(2)15-22/h8-9,12-16,18,23H,5-7,10-11H2,1-4H3,(H,25,27)/t18-,23+/m0/s1. The zero-order valence-electron chi connectivity index (χ0n) is 18.3. The Morgan fingerprint density at radius 3 is 2.43 bits per heavy atom. The van der Waals surface area contributed by atoms with Gasteiger partial charge in [-0.3, -0.25) is 9.10 Å². The van der Waals surface area contributed by atoms with Crippen LogP contribution >= 0.6 is 0 Å². The Morgan fingerprint density at radius 1 is 1.10 bits per heavy atom. The lowest BCUT2D eigenvalue weighted by Crippen LogP contribution is -2.48. The van der Waals surface area contributed by atoms with Crippen LogP contribution in [0.5, 0.6) is 0 Å². The molecule has 1 N–H and O–H groups in total. The predicted molar refractivity (Wildman–Crippen MR) is 122 cm³/mol. The normalized spacial score (nSPS) is 15.7. The molecule has 1 aliphatic carbocycles. The van der Waals surface area contributed by atoms with Crippen molar-refractivity contribution < 1.29 is 13.2 Å². The molecule has 0 aromatic heterocycles. The Morgan fingerprint density at radius 2 is 1.80 bits per heavy atom. The zero-order chi connectivity index (χ0) is 21.9. The molecule has 1 amide bonds. The van der Waals surface area contributed by atoms with Crippen molar-refractivity contribution >= 4 is 21.6 Å². The van der Waals surface area contributed by atoms with Crippen LogP contribution in [0.1, 0.15) is 61.4 Å². The van der Waals surface area contributed by atoms with Gasteiger partial charge in [0.15, 0.2) is 0 Å². The SMILES string of the molecule is CC[C@@H](NC(=O)[C@H](C)N(c1cccc(C)c1)S(C)(=O)=O)c1ccc2c(c1)CCCC2. The topological polar surface area (TPSA) is 66.5 Å². The lowest BCUT2D eigenvalue weighted by Gasteiger charge is -2.30. The number of sulfonamides is 1. The molecule has 5 nitrogen and oxygen atoms in total. The first kappa shape index (κ1) is 22.3. The molecule has 2 aromatic rings. The minimum absolute atomic E-state index is 0.147. The number of nitrogens with zero attached hydrogens (tertiary/aromatic N) is 1. The van der Waals surface area contributed by atoms with Crippen LogP contribution in [-0.4, -0.2) is 26.6 Å². The molecule has 0 aliphatic heterocycles. The number of nitrogens with one attached hydrogen (secondary N) is 1. The Kier molecular flexibility index (Phi) is 6.86. The summed E-state index contributed by atoms with van der Waals surface area (Å²) in [5.41, 5.74) is 5.30. The summed E-state index contributed by atoms with van der Waals surface area (Å²) in [5.74, 6) is -0.300. The smallest absolute Gasteiger partial charge is 0.244 e. The summed E-state index contributed by atoms with van der Waals surface area (Å²) >= 11 is 0. The van der Waals surface area contributed by atoms with E-state index in [0.29, 0.717) is 5.69 Å². The average Bonchev–Trinajstić information content (AvgIpc) is 2.70. The van der Waals surface area contributed by atoms with Crippen molar-refractivity contribution in [1.82, 2.24) is 5.32 Å². The molecule has 0 fully saturated rings. The minimum Gasteiger partial charge on any atom is -0.347 e. The molecule has 0 radical (unpaired) electrons. The molecule has 1 aliphatic rings. The second kappa shape index (κ2) is 9.21. The lowest BCUT2D eigenvalue weighted by molar-refractivity contribution is -0.122. The van der Waals surface area contributed by atoms with Crippen molar-refractivity contribution in [2.24, 2.45) is 0 Å². The number of rotatable bonds is 7. The highest BCUT2D eigenvalue weighted by molar-refractivity contribution is 7.92. The van der Waals surface area contributed by atoms with Gasteiger partial charge in [0.2, 0.25) is 15.9 Å². The third kappa shape index (κ3) is 5.04. The van der Waals surface area contributed by atoms with Gasteiger partial charge in [0.25, 0.3) is 0 Å². The van der Waals surface area contributed by atoms with Crippen LogP contribution in [0.15, 0.2) is 42.5 Å². The molecule has 162 valence electrons. The molecule has 3 rings (SSSR count). The molecular formula is C24H32N2O3S. The van der Waals surface area contributed by atoms with Gasteiger partial charge in [0, 0.05) is 0 Å². The van der Waals surface area contributed by atoms with E-state index in [0.717, 1.165) is 36.6 Å². The monoisotopic (exact) mass is 428 g/mol. The highest BCUT2D eigenvalue weighted by atomic mass is 32.2. The highest BCUT2D eigenvalue weighted by Crippen LogP contribution is 2.27. The van der Waals surface area contributed by atoms with Crippen molar-refractivity contribution in [1.29, 1.82) is 0 Å². The fraction of sp³-hybridized carbons (Fsp3) is 0.458. The summed E-state index contributed by atoms with van der Waals surface area (Å²) in [6.45, 7) is 5.57. The van der Waals surface area contributed by atoms with Crippen LogP contribution < -0.4 is 9.62 Å². The molecule has 0 saturated heterocycles. The molecule has 30 heavy (non-hydrogen) atoms. The Balaban J connectivity index is 1.83. The number of anilines is 1. The van der Waals surface area contributed by atoms with E-state index in [1.165, 1.54) is 28.3 Å². The number of hydrogen-bond donors (Lipinski definition) is 1. The lowest BCUT2D eigenvalue weighted by atomic mass is 9.88. The Bertz CT molecular complexity index is 1020. The van der Waals surface area contributed by atoms with E-state index >= 15 is 0 Å². The molecule has 0 heterocycles. The largest absolute Gasteiger partial charge is 0.347 e. The van der Waals surface area contributed by atoms with Gasteiger partial charge in [-0.2, -0.15) is 0 Å². The molecular weight excluding hydrogens is 396 g/mol. The van der Waals surface area contributed by atoms with E-state index in [1.54, 1.807) is 25.1 Å². The van der Waals surface area contributed by atoms with Crippen molar-refractivity contribution in [2.45, 2.75) is 65.0 Å². The van der Waals surface area contributed by atoms with Gasteiger partial charge in [0.1, 0.15) is 6.04 Å². The summed E-state index contributed by atoms with van der Waals surface area (Å²) in [7, 11) is -3.63. The summed E-state index contributed by atoms with van der Waals surface area (Å²) in [6.07, 6.45) is 6.52. The second-order valence-electron chi connectivity index (χ2n) is 8.28. The molecule has 2 atom stereocenters. The molecule has 2 aromatic carbocycles. The van der Waals surface area contributed by atoms with Crippen LogP contribution in [0.4, 0.5) is 5.69 Å². The van der Waals surface area contributed by atoms with Gasteiger partial charge in [-0.1, -0.05) is 37.3 Å². The van der Waals surface area contributed by atoms with E-state index in [2.05, 4.69) is 23.5 Å². The van der Waals surface area contributed by atoms with Gasteiger partial charge < -0.3 is 5.32 Å². The average molecular weight is 429 g/mol. The fourth-order valence-corrected chi connectivity index (χ4v) is 5.42. The van der Waals surface area contributed by atoms with Crippen LogP contribution in [0.2, 0.25) is 0 Å². The molecule has 0 bridgehead atoms. The van der Waals surface area contributed by atoms with Gasteiger partial charge in [-0.05, 0) is 80.3 Å². The number of carbonyl (C=O) groups excluding carboxylic acids is 1. The third-order valence-corrected chi connectivity index (χ3v) is 7.09. The molecule has 6 heteroatoms. The number of benzene rings is 2. The molecule has 0 unspecified atom stereocenters. The van der Waals surface area contributed by atoms with Crippen LogP contribution in [0.25, 0.3) is 0 Å². The first-order chi connectivity index (χ1) is 14.2. The van der Waals surface area contributed by atoms with E-state index in [9.17, 15) is 13.2 Å². The number of aryl methyl sites for hydroxylation is 3. The van der Waals surface area contributed by atoms with E-state index in [1.807, 2.05) is 19.9 Å². The van der Waals surface area contributed by atoms with E-state index in [4.69, 9.17) is 0 Å². The van der Waals surface area contributed by atoms with E-state index in [-0.39, 0.29) is 11.9 Å². The van der Waals surface area contributed by atoms with Crippen LogP contribution in [0.3, 0.4) is 0 Å². The fourth-order valence-electron chi connectivity index (χ4n) is 4.26. The van der Waals surface area contributed by atoms with Crippen molar-refractivity contribution in [3.63, 3.8) is 0 Å². The third-order valence-electron chi connectivity index (χ3n) is 5.84. The predicted octanol–water partition coefficient (Wildman–Crippen LogP) is 4.30. The minimum atomic E-state index is -3.63. The maximum absolute atomic E-state index is 13.1. The maximum atomic E-state index is 13.1.